The van der Waals surface area contributed by atoms with E-state index in [1.165, 1.54) is 12.1 Å². The zero-order valence-electron chi connectivity index (χ0n) is 14.9. The Kier molecular flexibility index (Phi) is 3.98. The van der Waals surface area contributed by atoms with Gasteiger partial charge in [-0.3, -0.25) is 4.79 Å². The van der Waals surface area contributed by atoms with Crippen molar-refractivity contribution in [2.45, 2.75) is 31.9 Å². The Hall–Kier alpha value is -3.15. The molecule has 1 aliphatic heterocycles. The highest BCUT2D eigenvalue weighted by Crippen LogP contribution is 2.40. The highest BCUT2D eigenvalue weighted by Gasteiger charge is 2.35. The summed E-state index contributed by atoms with van der Waals surface area (Å²) in [6.07, 6.45) is 1.64. The van der Waals surface area contributed by atoms with Crippen molar-refractivity contribution in [3.63, 3.8) is 0 Å². The molecule has 3 aromatic rings. The lowest BCUT2D eigenvalue weighted by atomic mass is 9.89. The minimum absolute atomic E-state index is 0.257. The standard InChI is InChI=1S/C21H18FNO4/c1-21(2)10-17(15-9-12(22)7-8-18(15)27-21)23-19(24)16-11-26-20(25)14-6-4-3-5-13(14)16/h3-9,11,17H,10H2,1-2H3,(H,23,24). The van der Waals surface area contributed by atoms with Crippen molar-refractivity contribution in [3.05, 3.63) is 76.1 Å². The Balaban J connectivity index is 1.73. The minimum atomic E-state index is -0.520. The summed E-state index contributed by atoms with van der Waals surface area (Å²) >= 11 is 0. The molecular formula is C21H18FNO4. The first-order chi connectivity index (χ1) is 12.8. The summed E-state index contributed by atoms with van der Waals surface area (Å²) in [5, 5.41) is 3.79. The summed E-state index contributed by atoms with van der Waals surface area (Å²) in [6.45, 7) is 3.82. The van der Waals surface area contributed by atoms with Crippen molar-refractivity contribution in [3.8, 4) is 5.75 Å². The highest BCUT2D eigenvalue weighted by molar-refractivity contribution is 6.06. The van der Waals surface area contributed by atoms with Gasteiger partial charge in [0, 0.05) is 17.4 Å². The van der Waals surface area contributed by atoms with E-state index >= 15 is 0 Å². The van der Waals surface area contributed by atoms with Crippen molar-refractivity contribution in [2.24, 2.45) is 0 Å². The maximum atomic E-state index is 13.8. The van der Waals surface area contributed by atoms with E-state index in [1.54, 1.807) is 30.3 Å². The molecule has 6 heteroatoms. The average molecular weight is 367 g/mol. The number of benzene rings is 2. The maximum Gasteiger partial charge on any atom is 0.343 e. The molecule has 0 spiro atoms. The van der Waals surface area contributed by atoms with E-state index < -0.39 is 29.0 Å². The van der Waals surface area contributed by atoms with Gasteiger partial charge in [-0.15, -0.1) is 0 Å². The molecule has 27 heavy (non-hydrogen) atoms. The molecule has 138 valence electrons. The summed E-state index contributed by atoms with van der Waals surface area (Å²) < 4.78 is 24.7. The highest BCUT2D eigenvalue weighted by atomic mass is 19.1. The van der Waals surface area contributed by atoms with Crippen molar-refractivity contribution in [1.82, 2.24) is 5.32 Å². The summed E-state index contributed by atoms with van der Waals surface area (Å²) in [7, 11) is 0. The van der Waals surface area contributed by atoms with Gasteiger partial charge in [0.1, 0.15) is 23.4 Å². The lowest BCUT2D eigenvalue weighted by molar-refractivity contribution is 0.0617. The van der Waals surface area contributed by atoms with Gasteiger partial charge >= 0.3 is 5.63 Å². The third kappa shape index (κ3) is 3.18. The zero-order valence-corrected chi connectivity index (χ0v) is 14.9. The third-order valence-electron chi connectivity index (χ3n) is 4.70. The predicted octanol–water partition coefficient (Wildman–Crippen LogP) is 3.96. The van der Waals surface area contributed by atoms with Crippen LogP contribution in [0.2, 0.25) is 0 Å². The van der Waals surface area contributed by atoms with Gasteiger partial charge in [-0.2, -0.15) is 0 Å². The number of carbonyl (C=O) groups excluding carboxylic acids is 1. The summed E-state index contributed by atoms with van der Waals surface area (Å²) in [5.41, 5.74) is -0.174. The fourth-order valence-electron chi connectivity index (χ4n) is 3.50. The van der Waals surface area contributed by atoms with E-state index in [-0.39, 0.29) is 5.56 Å². The topological polar surface area (TPSA) is 68.5 Å². The molecular weight excluding hydrogens is 349 g/mol. The molecule has 1 aromatic heterocycles. The molecule has 2 aromatic carbocycles. The largest absolute Gasteiger partial charge is 0.487 e. The van der Waals surface area contributed by atoms with Crippen molar-refractivity contribution in [2.75, 3.05) is 0 Å². The SMILES string of the molecule is CC1(C)CC(NC(=O)c2coc(=O)c3ccccc23)c2cc(F)ccc2O1. The van der Waals surface area contributed by atoms with Crippen LogP contribution in [-0.4, -0.2) is 11.5 Å². The van der Waals surface area contributed by atoms with Crippen molar-refractivity contribution < 1.29 is 18.3 Å². The van der Waals surface area contributed by atoms with Crippen LogP contribution >= 0.6 is 0 Å². The molecule has 1 atom stereocenters. The first kappa shape index (κ1) is 17.3. The first-order valence-corrected chi connectivity index (χ1v) is 8.64. The molecule has 1 amide bonds. The molecule has 0 fully saturated rings. The van der Waals surface area contributed by atoms with Crippen LogP contribution in [0.3, 0.4) is 0 Å². The Labute approximate surface area is 154 Å². The molecule has 0 saturated carbocycles. The number of amides is 1. The Morgan fingerprint density at radius 2 is 1.93 bits per heavy atom. The fourth-order valence-corrected chi connectivity index (χ4v) is 3.50. The van der Waals surface area contributed by atoms with E-state index in [2.05, 4.69) is 5.32 Å². The van der Waals surface area contributed by atoms with Gasteiger partial charge in [-0.1, -0.05) is 18.2 Å². The Morgan fingerprint density at radius 1 is 1.19 bits per heavy atom. The molecule has 0 saturated heterocycles. The van der Waals surface area contributed by atoms with Gasteiger partial charge in [0.25, 0.3) is 5.91 Å². The van der Waals surface area contributed by atoms with Crippen LogP contribution < -0.4 is 15.7 Å². The first-order valence-electron chi connectivity index (χ1n) is 8.64. The van der Waals surface area contributed by atoms with E-state index in [0.29, 0.717) is 28.5 Å². The van der Waals surface area contributed by atoms with Crippen LogP contribution in [0.25, 0.3) is 10.8 Å². The van der Waals surface area contributed by atoms with Crippen molar-refractivity contribution >= 4 is 16.7 Å². The Morgan fingerprint density at radius 3 is 2.70 bits per heavy atom. The number of carbonyl (C=O) groups is 1. The van der Waals surface area contributed by atoms with Crippen LogP contribution in [0.1, 0.15) is 42.2 Å². The summed E-state index contributed by atoms with van der Waals surface area (Å²) in [6, 6.07) is 10.6. The molecule has 1 N–H and O–H groups in total. The second-order valence-electron chi connectivity index (χ2n) is 7.26. The average Bonchev–Trinajstić information content (AvgIpc) is 2.62. The monoisotopic (exact) mass is 367 g/mol. The lowest BCUT2D eigenvalue weighted by Gasteiger charge is -2.37. The number of halogens is 1. The normalized spacial score (nSPS) is 17.8. The molecule has 1 aliphatic rings. The van der Waals surface area contributed by atoms with Crippen molar-refractivity contribution in [1.29, 1.82) is 0 Å². The summed E-state index contributed by atoms with van der Waals surface area (Å²) in [5.74, 6) is -0.247. The number of nitrogens with one attached hydrogen (secondary N) is 1. The number of fused-ring (bicyclic) bond motifs is 2. The smallest absolute Gasteiger partial charge is 0.343 e. The van der Waals surface area contributed by atoms with Gasteiger partial charge in [0.05, 0.1) is 17.0 Å². The predicted molar refractivity (Wildman–Crippen MR) is 98.4 cm³/mol. The van der Waals surface area contributed by atoms with Crippen LogP contribution in [0.4, 0.5) is 4.39 Å². The van der Waals surface area contributed by atoms with Gasteiger partial charge in [0.15, 0.2) is 0 Å². The van der Waals surface area contributed by atoms with Gasteiger partial charge in [0.2, 0.25) is 0 Å². The van der Waals surface area contributed by atoms with Crippen LogP contribution in [0.5, 0.6) is 5.75 Å². The van der Waals surface area contributed by atoms with E-state index in [0.717, 1.165) is 6.26 Å². The molecule has 4 rings (SSSR count). The number of hydrogen-bond donors (Lipinski definition) is 1. The molecule has 5 nitrogen and oxygen atoms in total. The van der Waals surface area contributed by atoms with Gasteiger partial charge in [-0.25, -0.2) is 9.18 Å². The van der Waals surface area contributed by atoms with E-state index in [4.69, 9.17) is 9.15 Å². The minimum Gasteiger partial charge on any atom is -0.487 e. The maximum absolute atomic E-state index is 13.8. The lowest BCUT2D eigenvalue weighted by Crippen LogP contribution is -2.41. The Bertz CT molecular complexity index is 1100. The quantitative estimate of drug-likeness (QED) is 0.744. The fraction of sp³-hybridized carbons (Fsp3) is 0.238. The number of rotatable bonds is 2. The molecule has 0 bridgehead atoms. The van der Waals surface area contributed by atoms with E-state index in [1.807, 2.05) is 13.8 Å². The molecule has 1 unspecified atom stereocenters. The number of ether oxygens (including phenoxy) is 1. The number of hydrogen-bond acceptors (Lipinski definition) is 4. The van der Waals surface area contributed by atoms with E-state index in [9.17, 15) is 14.0 Å². The van der Waals surface area contributed by atoms with Gasteiger partial charge in [-0.05, 0) is 38.1 Å². The van der Waals surface area contributed by atoms with Crippen LogP contribution in [0.15, 0.2) is 57.9 Å². The molecule has 0 aliphatic carbocycles. The summed E-state index contributed by atoms with van der Waals surface area (Å²) in [4.78, 5) is 24.8. The third-order valence-corrected chi connectivity index (χ3v) is 4.70. The van der Waals surface area contributed by atoms with Crippen LogP contribution in [-0.2, 0) is 0 Å². The molecule has 2 heterocycles. The second kappa shape index (κ2) is 6.23. The molecule has 0 radical (unpaired) electrons. The van der Waals surface area contributed by atoms with Gasteiger partial charge < -0.3 is 14.5 Å². The van der Waals surface area contributed by atoms with Crippen LogP contribution in [0, 0.1) is 5.82 Å². The second-order valence-corrected chi connectivity index (χ2v) is 7.26. The zero-order chi connectivity index (χ0) is 19.2.